The van der Waals surface area contributed by atoms with Crippen molar-refractivity contribution >= 4 is 63.8 Å². The van der Waals surface area contributed by atoms with Crippen LogP contribution in [0.2, 0.25) is 0 Å². The quantitative estimate of drug-likeness (QED) is 0.161. The second-order valence-corrected chi connectivity index (χ2v) is 17.4. The van der Waals surface area contributed by atoms with Crippen LogP contribution in [0.25, 0.3) is 119 Å². The Morgan fingerprint density at radius 1 is 0.306 bits per heavy atom. The van der Waals surface area contributed by atoms with Gasteiger partial charge in [0, 0.05) is 68.3 Å². The first-order valence-electron chi connectivity index (χ1n) is 20.6. The highest BCUT2D eigenvalue weighted by Crippen LogP contribution is 2.50. The van der Waals surface area contributed by atoms with E-state index in [9.17, 15) is 0 Å². The summed E-state index contributed by atoms with van der Waals surface area (Å²) in [6, 6.07) is 72.6. The highest BCUT2D eigenvalue weighted by Gasteiger charge is 2.23. The first-order valence-corrected chi connectivity index (χ1v) is 22.3. The Morgan fingerprint density at radius 3 is 1.52 bits per heavy atom. The third kappa shape index (κ3) is 6.28. The molecule has 6 heteroatoms. The largest absolute Gasteiger partial charge is 0.247 e. The number of rotatable bonds is 7. The van der Waals surface area contributed by atoms with Crippen molar-refractivity contribution in [2.75, 3.05) is 0 Å². The number of hydrogen-bond donors (Lipinski definition) is 0. The molecule has 8 aromatic carbocycles. The molecule has 0 aliphatic heterocycles. The Kier molecular flexibility index (Phi) is 8.84. The summed E-state index contributed by atoms with van der Waals surface area (Å²) in [4.78, 5) is 21.9. The zero-order valence-corrected chi connectivity index (χ0v) is 34.9. The normalized spacial score (nSPS) is 11.5. The van der Waals surface area contributed by atoms with Gasteiger partial charge in [-0.3, -0.25) is 0 Å². The fourth-order valence-corrected chi connectivity index (χ4v) is 11.1. The standard InChI is InChI=1S/C56H34N4S2/c1-4-15-37(16-5-1)48-49-50(57-46-25-12-10-22-44(46)53(49)62-51(48)39-17-6-2-7-18-39)38-31-27-35(28-32-38)36-29-33-41(34-30-36)55-58-54(40-19-8-3-9-20-40)59-56(60-55)45-24-14-23-43-42-21-11-13-26-47(42)61-52(43)45/h1-34H. The molecule has 4 nitrogen and oxygen atoms in total. The fraction of sp³-hybridized carbons (Fsp3) is 0. The Hall–Kier alpha value is -7.64. The SMILES string of the molecule is c1ccc(-c2nc(-c3ccc(-c4ccc(-c5nc6ccccc6c6sc(-c7ccccc7)c(-c7ccccc7)c56)cc4)cc3)nc(-c3cccc4c3sc3ccccc34)n2)cc1. The molecule has 0 bridgehead atoms. The van der Waals surface area contributed by atoms with Crippen molar-refractivity contribution in [1.29, 1.82) is 0 Å². The van der Waals surface area contributed by atoms with Crippen LogP contribution in [0.15, 0.2) is 206 Å². The highest BCUT2D eigenvalue weighted by molar-refractivity contribution is 7.26. The van der Waals surface area contributed by atoms with Crippen LogP contribution in [0.1, 0.15) is 0 Å². The molecule has 12 rings (SSSR count). The fourth-order valence-electron chi connectivity index (χ4n) is 8.57. The van der Waals surface area contributed by atoms with Gasteiger partial charge < -0.3 is 0 Å². The lowest BCUT2D eigenvalue weighted by molar-refractivity contribution is 1.08. The Bertz CT molecular complexity index is 3600. The molecule has 0 N–H and O–H groups in total. The molecule has 0 fully saturated rings. The van der Waals surface area contributed by atoms with E-state index in [0.717, 1.165) is 44.6 Å². The van der Waals surface area contributed by atoms with Gasteiger partial charge in [-0.15, -0.1) is 22.7 Å². The second kappa shape index (κ2) is 15.1. The maximum absolute atomic E-state index is 5.39. The van der Waals surface area contributed by atoms with Gasteiger partial charge >= 0.3 is 0 Å². The number of para-hydroxylation sites is 1. The zero-order valence-electron chi connectivity index (χ0n) is 33.2. The Labute approximate surface area is 366 Å². The predicted octanol–water partition coefficient (Wildman–Crippen LogP) is 15.7. The Morgan fingerprint density at radius 2 is 0.823 bits per heavy atom. The van der Waals surface area contributed by atoms with Crippen LogP contribution in [0, 0.1) is 0 Å². The summed E-state index contributed by atoms with van der Waals surface area (Å²) < 4.78 is 3.68. The number of fused-ring (bicyclic) bond motifs is 6. The van der Waals surface area contributed by atoms with Crippen LogP contribution < -0.4 is 0 Å². The molecule has 62 heavy (non-hydrogen) atoms. The van der Waals surface area contributed by atoms with Crippen LogP contribution in [0.5, 0.6) is 0 Å². The average molecular weight is 827 g/mol. The number of benzene rings is 8. The van der Waals surface area contributed by atoms with Gasteiger partial charge in [-0.05, 0) is 40.5 Å². The molecular formula is C56H34N4S2. The smallest absolute Gasteiger partial charge is 0.165 e. The molecule has 0 spiro atoms. The lowest BCUT2D eigenvalue weighted by Gasteiger charge is -2.12. The second-order valence-electron chi connectivity index (χ2n) is 15.3. The summed E-state index contributed by atoms with van der Waals surface area (Å²) in [7, 11) is 0. The molecule has 0 aliphatic rings. The summed E-state index contributed by atoms with van der Waals surface area (Å²) in [5.41, 5.74) is 11.8. The molecule has 0 unspecified atom stereocenters. The number of nitrogens with zero attached hydrogens (tertiary/aromatic N) is 4. The first kappa shape index (κ1) is 36.2. The Balaban J connectivity index is 0.943. The number of pyridine rings is 1. The zero-order chi connectivity index (χ0) is 41.0. The third-order valence-corrected chi connectivity index (χ3v) is 14.1. The van der Waals surface area contributed by atoms with E-state index >= 15 is 0 Å². The molecule has 0 saturated heterocycles. The van der Waals surface area contributed by atoms with E-state index in [1.165, 1.54) is 57.2 Å². The van der Waals surface area contributed by atoms with Gasteiger partial charge in [-0.2, -0.15) is 0 Å². The molecule has 0 amide bonds. The summed E-state index contributed by atoms with van der Waals surface area (Å²) >= 11 is 3.64. The van der Waals surface area contributed by atoms with Crippen LogP contribution in [-0.2, 0) is 0 Å². The van der Waals surface area contributed by atoms with Gasteiger partial charge in [0.15, 0.2) is 17.5 Å². The van der Waals surface area contributed by atoms with Crippen LogP contribution >= 0.6 is 22.7 Å². The summed E-state index contributed by atoms with van der Waals surface area (Å²) in [6.07, 6.45) is 0. The molecule has 4 heterocycles. The molecule has 0 radical (unpaired) electrons. The molecule has 12 aromatic rings. The van der Waals surface area contributed by atoms with Crippen molar-refractivity contribution in [3.63, 3.8) is 0 Å². The summed E-state index contributed by atoms with van der Waals surface area (Å²) in [6.45, 7) is 0. The third-order valence-electron chi connectivity index (χ3n) is 11.6. The van der Waals surface area contributed by atoms with E-state index in [4.69, 9.17) is 19.9 Å². The van der Waals surface area contributed by atoms with E-state index in [2.05, 4.69) is 188 Å². The van der Waals surface area contributed by atoms with Crippen LogP contribution in [-0.4, -0.2) is 19.9 Å². The van der Waals surface area contributed by atoms with Crippen LogP contribution in [0.3, 0.4) is 0 Å². The van der Waals surface area contributed by atoms with E-state index < -0.39 is 0 Å². The highest BCUT2D eigenvalue weighted by atomic mass is 32.1. The van der Waals surface area contributed by atoms with Gasteiger partial charge in [-0.25, -0.2) is 19.9 Å². The number of thiophene rings is 2. The molecule has 0 saturated carbocycles. The van der Waals surface area contributed by atoms with Crippen molar-refractivity contribution in [1.82, 2.24) is 19.9 Å². The minimum absolute atomic E-state index is 0.639. The molecule has 4 aromatic heterocycles. The van der Waals surface area contributed by atoms with E-state index in [1.54, 1.807) is 11.3 Å². The monoisotopic (exact) mass is 826 g/mol. The topological polar surface area (TPSA) is 51.6 Å². The van der Waals surface area contributed by atoms with Crippen molar-refractivity contribution in [2.24, 2.45) is 0 Å². The molecule has 290 valence electrons. The lowest BCUT2D eigenvalue weighted by Crippen LogP contribution is -2.00. The van der Waals surface area contributed by atoms with Gasteiger partial charge in [0.1, 0.15) is 0 Å². The minimum Gasteiger partial charge on any atom is -0.247 e. The van der Waals surface area contributed by atoms with Crippen molar-refractivity contribution in [3.8, 4) is 78.1 Å². The van der Waals surface area contributed by atoms with E-state index in [0.29, 0.717) is 17.5 Å². The average Bonchev–Trinajstić information content (AvgIpc) is 3.95. The van der Waals surface area contributed by atoms with Gasteiger partial charge in [0.2, 0.25) is 0 Å². The van der Waals surface area contributed by atoms with Gasteiger partial charge in [0.25, 0.3) is 0 Å². The van der Waals surface area contributed by atoms with Crippen molar-refractivity contribution in [2.45, 2.75) is 0 Å². The number of hydrogen-bond acceptors (Lipinski definition) is 6. The molecular weight excluding hydrogens is 793 g/mol. The minimum atomic E-state index is 0.639. The first-order chi connectivity index (χ1) is 30.7. The maximum atomic E-state index is 5.39. The summed E-state index contributed by atoms with van der Waals surface area (Å²) in [5.74, 6) is 1.95. The van der Waals surface area contributed by atoms with E-state index in [-0.39, 0.29) is 0 Å². The number of aromatic nitrogens is 4. The van der Waals surface area contributed by atoms with Gasteiger partial charge in [0.05, 0.1) is 11.2 Å². The molecule has 0 atom stereocenters. The van der Waals surface area contributed by atoms with E-state index in [1.807, 2.05) is 29.5 Å². The summed E-state index contributed by atoms with van der Waals surface area (Å²) in [5, 5.41) is 4.82. The van der Waals surface area contributed by atoms with Crippen molar-refractivity contribution in [3.05, 3.63) is 206 Å². The molecule has 0 aliphatic carbocycles. The van der Waals surface area contributed by atoms with Gasteiger partial charge in [-0.1, -0.05) is 188 Å². The lowest BCUT2D eigenvalue weighted by atomic mass is 9.94. The van der Waals surface area contributed by atoms with Crippen LogP contribution in [0.4, 0.5) is 0 Å². The predicted molar refractivity (Wildman–Crippen MR) is 261 cm³/mol. The van der Waals surface area contributed by atoms with Crippen molar-refractivity contribution < 1.29 is 0 Å². The maximum Gasteiger partial charge on any atom is 0.165 e.